The third-order valence-electron chi connectivity index (χ3n) is 2.50. The van der Waals surface area contributed by atoms with E-state index in [4.69, 9.17) is 15.2 Å². The summed E-state index contributed by atoms with van der Waals surface area (Å²) in [5.74, 6) is 0.460. The molecule has 104 valence electrons. The third kappa shape index (κ3) is 4.87. The van der Waals surface area contributed by atoms with Gasteiger partial charge in [-0.2, -0.15) is 0 Å². The molecule has 0 aliphatic heterocycles. The summed E-state index contributed by atoms with van der Waals surface area (Å²) in [6, 6.07) is 4.92. The van der Waals surface area contributed by atoms with Crippen LogP contribution < -0.4 is 20.5 Å². The number of ether oxygens (including phenoxy) is 2. The first-order chi connectivity index (χ1) is 9.06. The Kier molecular flexibility index (Phi) is 5.66. The largest absolute Gasteiger partial charge is 0.497 e. The van der Waals surface area contributed by atoms with E-state index in [-0.39, 0.29) is 18.2 Å². The van der Waals surface area contributed by atoms with Crippen molar-refractivity contribution in [2.75, 3.05) is 20.8 Å². The summed E-state index contributed by atoms with van der Waals surface area (Å²) in [6.07, 6.45) is 0.768. The molecule has 0 aliphatic rings. The van der Waals surface area contributed by atoms with Gasteiger partial charge in [0.2, 0.25) is 5.91 Å². The van der Waals surface area contributed by atoms with Crippen LogP contribution in [-0.4, -0.2) is 32.6 Å². The maximum atomic E-state index is 11.9. The Hall–Kier alpha value is -2.24. The first-order valence-corrected chi connectivity index (χ1v) is 5.86. The quantitative estimate of drug-likeness (QED) is 0.711. The molecule has 6 nitrogen and oxygen atoms in total. The minimum Gasteiger partial charge on any atom is -0.497 e. The fourth-order valence-corrected chi connectivity index (χ4v) is 1.51. The maximum Gasteiger partial charge on any atom is 0.251 e. The van der Waals surface area contributed by atoms with Crippen LogP contribution in [0.25, 0.3) is 0 Å². The van der Waals surface area contributed by atoms with Gasteiger partial charge in [-0.3, -0.25) is 9.59 Å². The van der Waals surface area contributed by atoms with Crippen LogP contribution in [0.15, 0.2) is 18.2 Å². The van der Waals surface area contributed by atoms with Crippen molar-refractivity contribution in [3.8, 4) is 11.5 Å². The van der Waals surface area contributed by atoms with Crippen LogP contribution >= 0.6 is 0 Å². The van der Waals surface area contributed by atoms with Crippen molar-refractivity contribution in [2.45, 2.75) is 12.8 Å². The van der Waals surface area contributed by atoms with Crippen LogP contribution in [0.1, 0.15) is 23.2 Å². The molecule has 0 aliphatic carbocycles. The smallest absolute Gasteiger partial charge is 0.251 e. The highest BCUT2D eigenvalue weighted by atomic mass is 16.5. The van der Waals surface area contributed by atoms with E-state index in [2.05, 4.69) is 5.32 Å². The number of hydrogen-bond donors (Lipinski definition) is 2. The molecule has 6 heteroatoms. The van der Waals surface area contributed by atoms with Crippen LogP contribution in [0.5, 0.6) is 11.5 Å². The lowest BCUT2D eigenvalue weighted by atomic mass is 10.2. The van der Waals surface area contributed by atoms with E-state index in [0.717, 1.165) is 0 Å². The average Bonchev–Trinajstić information content (AvgIpc) is 2.42. The Morgan fingerprint density at radius 2 is 1.74 bits per heavy atom. The van der Waals surface area contributed by atoms with Gasteiger partial charge in [-0.1, -0.05) is 0 Å². The first kappa shape index (κ1) is 14.8. The standard InChI is InChI=1S/C13H18N2O4/c1-18-10-6-9(7-11(8-10)19-2)13(17)15-5-3-4-12(14)16/h6-8H,3-5H2,1-2H3,(H2,14,16)(H,15,17). The van der Waals surface area contributed by atoms with Gasteiger partial charge in [0.1, 0.15) is 11.5 Å². The summed E-state index contributed by atoms with van der Waals surface area (Å²) < 4.78 is 10.2. The lowest BCUT2D eigenvalue weighted by Crippen LogP contribution is -2.25. The molecule has 0 unspecified atom stereocenters. The second kappa shape index (κ2) is 7.25. The van der Waals surface area contributed by atoms with Crippen molar-refractivity contribution < 1.29 is 19.1 Å². The summed E-state index contributed by atoms with van der Waals surface area (Å²) in [4.78, 5) is 22.4. The van der Waals surface area contributed by atoms with Gasteiger partial charge < -0.3 is 20.5 Å². The van der Waals surface area contributed by atoms with Gasteiger partial charge in [0.25, 0.3) is 5.91 Å². The molecule has 0 radical (unpaired) electrons. The monoisotopic (exact) mass is 266 g/mol. The van der Waals surface area contributed by atoms with E-state index in [1.165, 1.54) is 14.2 Å². The van der Waals surface area contributed by atoms with Crippen LogP contribution in [0, 0.1) is 0 Å². The number of benzene rings is 1. The van der Waals surface area contributed by atoms with Crippen molar-refractivity contribution >= 4 is 11.8 Å². The van der Waals surface area contributed by atoms with Crippen molar-refractivity contribution in [3.05, 3.63) is 23.8 Å². The summed E-state index contributed by atoms with van der Waals surface area (Å²) >= 11 is 0. The molecule has 0 aromatic heterocycles. The van der Waals surface area contributed by atoms with Crippen molar-refractivity contribution in [1.82, 2.24) is 5.32 Å². The zero-order chi connectivity index (χ0) is 14.3. The van der Waals surface area contributed by atoms with Gasteiger partial charge in [-0.05, 0) is 18.6 Å². The minimum atomic E-state index is -0.378. The predicted molar refractivity (Wildman–Crippen MR) is 70.3 cm³/mol. The maximum absolute atomic E-state index is 11.9. The number of rotatable bonds is 7. The zero-order valence-corrected chi connectivity index (χ0v) is 11.1. The Balaban J connectivity index is 2.63. The van der Waals surface area contributed by atoms with Crippen LogP contribution in [0.2, 0.25) is 0 Å². The highest BCUT2D eigenvalue weighted by Gasteiger charge is 2.09. The highest BCUT2D eigenvalue weighted by molar-refractivity contribution is 5.95. The van der Waals surface area contributed by atoms with E-state index < -0.39 is 0 Å². The van der Waals surface area contributed by atoms with Gasteiger partial charge in [-0.15, -0.1) is 0 Å². The number of hydrogen-bond acceptors (Lipinski definition) is 4. The molecule has 0 saturated heterocycles. The number of amides is 2. The SMILES string of the molecule is COc1cc(OC)cc(C(=O)NCCCC(N)=O)c1. The van der Waals surface area contributed by atoms with Gasteiger partial charge in [0, 0.05) is 24.6 Å². The fraction of sp³-hybridized carbons (Fsp3) is 0.385. The van der Waals surface area contributed by atoms with E-state index in [1.807, 2.05) is 0 Å². The lowest BCUT2D eigenvalue weighted by molar-refractivity contribution is -0.118. The molecule has 0 fully saturated rings. The normalized spacial score (nSPS) is 9.79. The van der Waals surface area contributed by atoms with Crippen molar-refractivity contribution in [3.63, 3.8) is 0 Å². The number of carbonyl (C=O) groups is 2. The summed E-state index contributed by atoms with van der Waals surface area (Å²) in [5, 5.41) is 2.70. The van der Waals surface area contributed by atoms with Crippen LogP contribution in [0.3, 0.4) is 0 Å². The molecule has 2 amide bonds. The van der Waals surface area contributed by atoms with E-state index in [1.54, 1.807) is 18.2 Å². The predicted octanol–water partition coefficient (Wildman–Crippen LogP) is 0.699. The Morgan fingerprint density at radius 1 is 1.16 bits per heavy atom. The molecule has 19 heavy (non-hydrogen) atoms. The zero-order valence-electron chi connectivity index (χ0n) is 11.1. The third-order valence-corrected chi connectivity index (χ3v) is 2.50. The van der Waals surface area contributed by atoms with E-state index in [9.17, 15) is 9.59 Å². The molecule has 0 saturated carbocycles. The molecule has 1 rings (SSSR count). The first-order valence-electron chi connectivity index (χ1n) is 5.86. The van der Waals surface area contributed by atoms with Crippen LogP contribution in [0.4, 0.5) is 0 Å². The number of nitrogens with one attached hydrogen (secondary N) is 1. The topological polar surface area (TPSA) is 90.7 Å². The van der Waals surface area contributed by atoms with E-state index in [0.29, 0.717) is 30.0 Å². The molecule has 0 atom stereocenters. The Morgan fingerprint density at radius 3 is 2.21 bits per heavy atom. The molecule has 1 aromatic rings. The Bertz CT molecular complexity index is 438. The summed E-state index contributed by atoms with van der Waals surface area (Å²) in [6.45, 7) is 0.390. The molecular formula is C13H18N2O4. The number of nitrogens with two attached hydrogens (primary N) is 1. The molecule has 0 heterocycles. The van der Waals surface area contributed by atoms with E-state index >= 15 is 0 Å². The van der Waals surface area contributed by atoms with Gasteiger partial charge >= 0.3 is 0 Å². The second-order valence-corrected chi connectivity index (χ2v) is 3.93. The molecule has 0 spiro atoms. The minimum absolute atomic E-state index is 0.248. The van der Waals surface area contributed by atoms with Crippen molar-refractivity contribution in [2.24, 2.45) is 5.73 Å². The molecule has 1 aromatic carbocycles. The van der Waals surface area contributed by atoms with Gasteiger partial charge in [0.05, 0.1) is 14.2 Å². The van der Waals surface area contributed by atoms with Crippen molar-refractivity contribution in [1.29, 1.82) is 0 Å². The summed E-state index contributed by atoms with van der Waals surface area (Å²) in [5.41, 5.74) is 5.45. The molecular weight excluding hydrogens is 248 g/mol. The highest BCUT2D eigenvalue weighted by Crippen LogP contribution is 2.22. The second-order valence-electron chi connectivity index (χ2n) is 3.93. The fourth-order valence-electron chi connectivity index (χ4n) is 1.51. The molecule has 3 N–H and O–H groups in total. The molecule has 0 bridgehead atoms. The average molecular weight is 266 g/mol. The number of methoxy groups -OCH3 is 2. The van der Waals surface area contributed by atoms with Gasteiger partial charge in [-0.25, -0.2) is 0 Å². The Labute approximate surface area is 111 Å². The van der Waals surface area contributed by atoms with Crippen LogP contribution in [-0.2, 0) is 4.79 Å². The number of carbonyl (C=O) groups excluding carboxylic acids is 2. The lowest BCUT2D eigenvalue weighted by Gasteiger charge is -2.09. The number of primary amides is 1. The summed E-state index contributed by atoms with van der Waals surface area (Å²) in [7, 11) is 3.03. The van der Waals surface area contributed by atoms with Gasteiger partial charge in [0.15, 0.2) is 0 Å².